The van der Waals surface area contributed by atoms with Crippen molar-refractivity contribution in [2.75, 3.05) is 13.2 Å². The van der Waals surface area contributed by atoms with Gasteiger partial charge in [0.1, 0.15) is 0 Å². The molecule has 0 aromatic heterocycles. The van der Waals surface area contributed by atoms with E-state index < -0.39 is 0 Å². The Balaban J connectivity index is -0.00000000214. The quantitative estimate of drug-likeness (QED) is 0.525. The van der Waals surface area contributed by atoms with Gasteiger partial charge in [0, 0.05) is 6.54 Å². The zero-order chi connectivity index (χ0) is 3.41. The van der Waals surface area contributed by atoms with Gasteiger partial charge in [-0.1, -0.05) is 0 Å². The van der Waals surface area contributed by atoms with Crippen LogP contribution in [0.15, 0.2) is 0 Å². The first-order chi connectivity index (χ1) is 1.91. The maximum Gasteiger partial charge on any atom is 4.00 e. The summed E-state index contributed by atoms with van der Waals surface area (Å²) in [5.41, 5.74) is 4.78. The second kappa shape index (κ2) is 162. The second-order valence-corrected chi connectivity index (χ2v) is 0.512. The van der Waals surface area contributed by atoms with Gasteiger partial charge in [-0.2, -0.15) is 0 Å². The molecule has 80 valence electrons. The SMILES string of the molecule is NCCO.[OH-].[OH-].[OH-].[OH-].[OH-].[OH-].[Pt+4]. The van der Waals surface area contributed by atoms with E-state index in [1.54, 1.807) is 0 Å². The van der Waals surface area contributed by atoms with E-state index in [0.717, 1.165) is 0 Å². The Morgan fingerprint density at radius 2 is 0.909 bits per heavy atom. The van der Waals surface area contributed by atoms with Crippen LogP contribution in [0.5, 0.6) is 0 Å². The van der Waals surface area contributed by atoms with Crippen molar-refractivity contribution in [3.8, 4) is 0 Å². The number of nitrogens with two attached hydrogens (primary N) is 1. The fourth-order valence-electron chi connectivity index (χ4n) is 0. The van der Waals surface area contributed by atoms with Gasteiger partial charge >= 0.3 is 21.1 Å². The van der Waals surface area contributed by atoms with Gasteiger partial charge in [-0.05, 0) is 0 Å². The zero-order valence-electron chi connectivity index (χ0n) is 5.44. The van der Waals surface area contributed by atoms with Crippen molar-refractivity contribution < 1.29 is 59.0 Å². The van der Waals surface area contributed by atoms with Gasteiger partial charge in [-0.25, -0.2) is 0 Å². The Morgan fingerprint density at radius 1 is 0.818 bits per heavy atom. The van der Waals surface area contributed by atoms with Crippen molar-refractivity contribution in [1.29, 1.82) is 0 Å². The molecule has 0 aromatic carbocycles. The summed E-state index contributed by atoms with van der Waals surface area (Å²) in [6, 6.07) is 0. The normalized spacial score (nSPS) is 2.73. The Bertz CT molecular complexity index is 18.4. The molecule has 8 nitrogen and oxygen atoms in total. The predicted octanol–water partition coefficient (Wildman–Crippen LogP) is -2.13. The molecule has 0 saturated heterocycles. The van der Waals surface area contributed by atoms with Gasteiger partial charge in [0.05, 0.1) is 6.61 Å². The maximum atomic E-state index is 7.75. The fraction of sp³-hybridized carbons (Fsp3) is 1.00. The van der Waals surface area contributed by atoms with Crippen LogP contribution >= 0.6 is 0 Å². The van der Waals surface area contributed by atoms with E-state index in [4.69, 9.17) is 10.8 Å². The van der Waals surface area contributed by atoms with E-state index in [-0.39, 0.29) is 60.5 Å². The molecule has 0 aliphatic rings. The third kappa shape index (κ3) is 388. The van der Waals surface area contributed by atoms with E-state index in [1.165, 1.54) is 0 Å². The maximum absolute atomic E-state index is 7.75. The minimum absolute atomic E-state index is 0. The third-order valence-corrected chi connectivity index (χ3v) is 0.129. The molecule has 0 bridgehead atoms. The molecule has 0 aromatic rings. The number of aliphatic hydroxyl groups excluding tert-OH is 1. The molecule has 0 spiro atoms. The third-order valence-electron chi connectivity index (χ3n) is 0.129. The van der Waals surface area contributed by atoms with Crippen LogP contribution in [0.4, 0.5) is 0 Å². The predicted molar refractivity (Wildman–Crippen MR) is 27.8 cm³/mol. The molecule has 0 fully saturated rings. The molecule has 0 aliphatic heterocycles. The first-order valence-corrected chi connectivity index (χ1v) is 1.22. The molecule has 0 amide bonds. The molecule has 9 heteroatoms. The van der Waals surface area contributed by atoms with Crippen LogP contribution in [0.25, 0.3) is 0 Å². The molecule has 11 heavy (non-hydrogen) atoms. The van der Waals surface area contributed by atoms with Crippen molar-refractivity contribution in [2.45, 2.75) is 0 Å². The average Bonchev–Trinajstić information content (AvgIpc) is 1.37. The molecule has 0 saturated carbocycles. The van der Waals surface area contributed by atoms with Crippen LogP contribution in [0, 0.1) is 0 Å². The van der Waals surface area contributed by atoms with Crippen molar-refractivity contribution in [3.05, 3.63) is 0 Å². The largest absolute Gasteiger partial charge is 4.00 e. The molecule has 0 aliphatic carbocycles. The first-order valence-electron chi connectivity index (χ1n) is 1.22. The van der Waals surface area contributed by atoms with Crippen molar-refractivity contribution in [1.82, 2.24) is 0 Å². The summed E-state index contributed by atoms with van der Waals surface area (Å²) in [5.74, 6) is 0. The number of hydrogen-bond donors (Lipinski definition) is 2. The average molecular weight is 358 g/mol. The summed E-state index contributed by atoms with van der Waals surface area (Å²) in [4.78, 5) is 0. The van der Waals surface area contributed by atoms with Gasteiger partial charge in [0.15, 0.2) is 0 Å². The molecule has 9 N–H and O–H groups in total. The van der Waals surface area contributed by atoms with Gasteiger partial charge in [-0.15, -0.1) is 0 Å². The Hall–Kier alpha value is 0.368. The van der Waals surface area contributed by atoms with Crippen molar-refractivity contribution >= 4 is 0 Å². The minimum Gasteiger partial charge on any atom is -0.870 e. The second-order valence-electron chi connectivity index (χ2n) is 0.512. The fourth-order valence-corrected chi connectivity index (χ4v) is 0. The van der Waals surface area contributed by atoms with Crippen LogP contribution in [0.2, 0.25) is 0 Å². The number of hydrogen-bond acceptors (Lipinski definition) is 8. The summed E-state index contributed by atoms with van der Waals surface area (Å²) in [6.45, 7) is 0.472. The zero-order valence-corrected chi connectivity index (χ0v) is 7.71. The molecule has 0 unspecified atom stereocenters. The summed E-state index contributed by atoms with van der Waals surface area (Å²) in [6.07, 6.45) is 0. The van der Waals surface area contributed by atoms with Gasteiger partial charge < -0.3 is 43.7 Å². The summed E-state index contributed by atoms with van der Waals surface area (Å²) in [7, 11) is 0. The van der Waals surface area contributed by atoms with Crippen LogP contribution in [-0.4, -0.2) is 51.1 Å². The van der Waals surface area contributed by atoms with E-state index in [2.05, 4.69) is 0 Å². The van der Waals surface area contributed by atoms with E-state index in [1.807, 2.05) is 0 Å². The standard InChI is InChI=1S/C2H7NO.6H2O.Pt/c3-1-2-4;;;;;;;/h4H,1-3H2;6*1H2;/q;;;;;;;+4/p-6. The van der Waals surface area contributed by atoms with Crippen LogP contribution in [-0.2, 0) is 21.1 Å². The Kier molecular flexibility index (Phi) is 1590. The number of rotatable bonds is 1. The Labute approximate surface area is 78.5 Å². The molecule has 0 heterocycles. The van der Waals surface area contributed by atoms with E-state index in [0.29, 0.717) is 6.54 Å². The summed E-state index contributed by atoms with van der Waals surface area (Å²) in [5, 5.41) is 7.75. The van der Waals surface area contributed by atoms with Crippen LogP contribution in [0.1, 0.15) is 0 Å². The minimum atomic E-state index is 0. The molecule has 0 rings (SSSR count). The molecular formula is C2H13NO7Pt-2. The van der Waals surface area contributed by atoms with Gasteiger partial charge in [-0.3, -0.25) is 0 Å². The van der Waals surface area contributed by atoms with Crippen molar-refractivity contribution in [3.63, 3.8) is 0 Å². The monoisotopic (exact) mass is 358 g/mol. The smallest absolute Gasteiger partial charge is 0.870 e. The van der Waals surface area contributed by atoms with Gasteiger partial charge in [0.25, 0.3) is 0 Å². The first kappa shape index (κ1) is 108. The van der Waals surface area contributed by atoms with Crippen LogP contribution < -0.4 is 5.73 Å². The summed E-state index contributed by atoms with van der Waals surface area (Å²) >= 11 is 0. The molecule has 0 atom stereocenters. The van der Waals surface area contributed by atoms with E-state index in [9.17, 15) is 0 Å². The summed E-state index contributed by atoms with van der Waals surface area (Å²) < 4.78 is 0. The molecule has 0 radical (unpaired) electrons. The van der Waals surface area contributed by atoms with Gasteiger partial charge in [0.2, 0.25) is 0 Å². The van der Waals surface area contributed by atoms with Crippen LogP contribution in [0.3, 0.4) is 0 Å². The number of aliphatic hydroxyl groups is 1. The molecular weight excluding hydrogens is 345 g/mol. The van der Waals surface area contributed by atoms with E-state index >= 15 is 0 Å². The topological polar surface area (TPSA) is 226 Å². The Morgan fingerprint density at radius 3 is 0.909 bits per heavy atom. The van der Waals surface area contributed by atoms with Crippen molar-refractivity contribution in [2.24, 2.45) is 5.73 Å².